The Hall–Kier alpha value is -0.560. The van der Waals surface area contributed by atoms with Gasteiger partial charge in [0, 0.05) is 6.20 Å². The Morgan fingerprint density at radius 2 is 2.06 bits per heavy atom. The van der Waals surface area contributed by atoms with E-state index in [9.17, 15) is 4.79 Å². The molecule has 0 bridgehead atoms. The molecule has 0 unspecified atom stereocenters. The van der Waals surface area contributed by atoms with Crippen molar-refractivity contribution in [3.63, 3.8) is 0 Å². The maximum Gasteiger partial charge on any atom is 0.325 e. The van der Waals surface area contributed by atoms with Crippen LogP contribution < -0.4 is 24.0 Å². The van der Waals surface area contributed by atoms with Crippen LogP contribution in [0.2, 0.25) is 0 Å². The maximum atomic E-state index is 11.1. The molecular weight excluding hydrogens is 319 g/mol. The SMILES string of the molecule is COC(=O)Cn1cccc1C[N+](C)(C)C.[I-]. The quantitative estimate of drug-likeness (QED) is 0.357. The fraction of sp³-hybridized carbons (Fsp3) is 0.545. The number of quaternary nitrogens is 1. The molecule has 5 heteroatoms. The molecule has 0 saturated heterocycles. The van der Waals surface area contributed by atoms with Crippen molar-refractivity contribution >= 4 is 5.97 Å². The molecule has 0 atom stereocenters. The first-order chi connectivity index (χ1) is 6.92. The summed E-state index contributed by atoms with van der Waals surface area (Å²) in [5, 5.41) is 0. The van der Waals surface area contributed by atoms with Gasteiger partial charge < -0.3 is 37.8 Å². The summed E-state index contributed by atoms with van der Waals surface area (Å²) in [6.07, 6.45) is 1.90. The van der Waals surface area contributed by atoms with E-state index >= 15 is 0 Å². The van der Waals surface area contributed by atoms with Crippen molar-refractivity contribution in [2.75, 3.05) is 28.3 Å². The molecular formula is C11H19IN2O2. The summed E-state index contributed by atoms with van der Waals surface area (Å²) < 4.78 is 7.41. The molecule has 1 rings (SSSR count). The molecule has 4 nitrogen and oxygen atoms in total. The zero-order valence-electron chi connectivity index (χ0n) is 10.2. The van der Waals surface area contributed by atoms with Crippen LogP contribution in [0.25, 0.3) is 0 Å². The molecule has 1 heterocycles. The number of halogens is 1. The van der Waals surface area contributed by atoms with Crippen molar-refractivity contribution in [3.8, 4) is 0 Å². The molecule has 16 heavy (non-hydrogen) atoms. The number of carbonyl (C=O) groups is 1. The highest BCUT2D eigenvalue weighted by Crippen LogP contribution is 2.08. The predicted octanol–water partition coefficient (Wildman–Crippen LogP) is -2.13. The monoisotopic (exact) mass is 338 g/mol. The smallest absolute Gasteiger partial charge is 0.325 e. The van der Waals surface area contributed by atoms with Crippen LogP contribution in [-0.2, 0) is 22.6 Å². The molecule has 0 amide bonds. The summed E-state index contributed by atoms with van der Waals surface area (Å²) in [6.45, 7) is 1.18. The molecule has 0 aliphatic heterocycles. The van der Waals surface area contributed by atoms with Gasteiger partial charge in [0.2, 0.25) is 0 Å². The summed E-state index contributed by atoms with van der Waals surface area (Å²) >= 11 is 0. The molecule has 0 aliphatic carbocycles. The Bertz CT molecular complexity index is 342. The molecule has 0 saturated carbocycles. The van der Waals surface area contributed by atoms with Crippen LogP contribution in [0.3, 0.4) is 0 Å². The minimum absolute atomic E-state index is 0. The third-order valence-electron chi connectivity index (χ3n) is 2.09. The third-order valence-corrected chi connectivity index (χ3v) is 2.09. The van der Waals surface area contributed by atoms with Crippen molar-refractivity contribution < 1.29 is 38.0 Å². The number of aromatic nitrogens is 1. The first-order valence-corrected chi connectivity index (χ1v) is 4.93. The molecule has 1 aromatic heterocycles. The minimum atomic E-state index is -0.214. The highest BCUT2D eigenvalue weighted by molar-refractivity contribution is 5.69. The van der Waals surface area contributed by atoms with Crippen LogP contribution in [0.15, 0.2) is 18.3 Å². The predicted molar refractivity (Wildman–Crippen MR) is 58.2 cm³/mol. The Morgan fingerprint density at radius 3 is 2.56 bits per heavy atom. The molecule has 0 aliphatic rings. The Kier molecular flexibility index (Phi) is 6.02. The summed E-state index contributed by atoms with van der Waals surface area (Å²) in [6, 6.07) is 3.99. The van der Waals surface area contributed by atoms with E-state index in [1.807, 2.05) is 22.9 Å². The Balaban J connectivity index is 0.00000225. The zero-order valence-corrected chi connectivity index (χ0v) is 12.4. The summed E-state index contributed by atoms with van der Waals surface area (Å²) in [7, 11) is 7.77. The van der Waals surface area contributed by atoms with Gasteiger partial charge in [0.05, 0.1) is 33.9 Å². The number of hydrogen-bond acceptors (Lipinski definition) is 2. The third kappa shape index (κ3) is 4.98. The number of esters is 1. The lowest BCUT2D eigenvalue weighted by atomic mass is 10.3. The van der Waals surface area contributed by atoms with Gasteiger partial charge in [-0.1, -0.05) is 0 Å². The van der Waals surface area contributed by atoms with Gasteiger partial charge in [-0.05, 0) is 12.1 Å². The maximum absolute atomic E-state index is 11.1. The second-order valence-corrected chi connectivity index (χ2v) is 4.65. The van der Waals surface area contributed by atoms with E-state index in [4.69, 9.17) is 0 Å². The standard InChI is InChI=1S/C11H19N2O2.HI/c1-13(2,3)9-10-6-5-7-12(10)8-11(14)15-4;/h5-7H,8-9H2,1-4H3;1H/q+1;/p-1. The summed E-state index contributed by atoms with van der Waals surface area (Å²) in [4.78, 5) is 11.1. The summed E-state index contributed by atoms with van der Waals surface area (Å²) in [5.74, 6) is -0.214. The first-order valence-electron chi connectivity index (χ1n) is 4.93. The average molecular weight is 338 g/mol. The number of methoxy groups -OCH3 is 1. The lowest BCUT2D eigenvalue weighted by Crippen LogP contribution is -3.00. The fourth-order valence-corrected chi connectivity index (χ4v) is 1.44. The molecule has 1 aromatic rings. The van der Waals surface area contributed by atoms with Crippen molar-refractivity contribution in [3.05, 3.63) is 24.0 Å². The van der Waals surface area contributed by atoms with Gasteiger partial charge in [-0.25, -0.2) is 0 Å². The van der Waals surface area contributed by atoms with E-state index in [1.54, 1.807) is 0 Å². The number of nitrogens with zero attached hydrogens (tertiary/aromatic N) is 2. The van der Waals surface area contributed by atoms with Crippen molar-refractivity contribution in [1.29, 1.82) is 0 Å². The van der Waals surface area contributed by atoms with Crippen molar-refractivity contribution in [1.82, 2.24) is 4.57 Å². The minimum Gasteiger partial charge on any atom is -1.00 e. The van der Waals surface area contributed by atoms with Gasteiger partial charge in [0.15, 0.2) is 0 Å². The Morgan fingerprint density at radius 1 is 1.44 bits per heavy atom. The molecule has 0 radical (unpaired) electrons. The number of rotatable bonds is 4. The van der Waals surface area contributed by atoms with Gasteiger partial charge in [-0.2, -0.15) is 0 Å². The van der Waals surface area contributed by atoms with Gasteiger partial charge in [0.1, 0.15) is 13.1 Å². The van der Waals surface area contributed by atoms with E-state index in [0.717, 1.165) is 16.7 Å². The van der Waals surface area contributed by atoms with Crippen molar-refractivity contribution in [2.45, 2.75) is 13.1 Å². The highest BCUT2D eigenvalue weighted by Gasteiger charge is 2.13. The molecule has 0 spiro atoms. The second-order valence-electron chi connectivity index (χ2n) is 4.65. The molecule has 0 aromatic carbocycles. The lowest BCUT2D eigenvalue weighted by molar-refractivity contribution is -0.884. The zero-order chi connectivity index (χ0) is 11.5. The normalized spacial score (nSPS) is 10.8. The largest absolute Gasteiger partial charge is 1.00 e. The molecule has 0 N–H and O–H groups in total. The lowest BCUT2D eigenvalue weighted by Gasteiger charge is -2.24. The van der Waals surface area contributed by atoms with E-state index < -0.39 is 0 Å². The van der Waals surface area contributed by atoms with Crippen molar-refractivity contribution in [2.24, 2.45) is 0 Å². The van der Waals surface area contributed by atoms with E-state index in [0.29, 0.717) is 6.54 Å². The van der Waals surface area contributed by atoms with Gasteiger partial charge >= 0.3 is 5.97 Å². The van der Waals surface area contributed by atoms with Crippen LogP contribution in [0.4, 0.5) is 0 Å². The van der Waals surface area contributed by atoms with Crippen LogP contribution in [0, 0.1) is 0 Å². The summed E-state index contributed by atoms with van der Waals surface area (Å²) in [5.41, 5.74) is 1.15. The van der Waals surface area contributed by atoms with Crippen LogP contribution in [0.1, 0.15) is 5.69 Å². The topological polar surface area (TPSA) is 31.2 Å². The van der Waals surface area contributed by atoms with E-state index in [2.05, 4.69) is 25.9 Å². The first kappa shape index (κ1) is 15.4. The molecule has 0 fully saturated rings. The Labute approximate surface area is 114 Å². The van der Waals surface area contributed by atoms with Gasteiger partial charge in [-0.3, -0.25) is 4.79 Å². The highest BCUT2D eigenvalue weighted by atomic mass is 127. The second kappa shape index (κ2) is 6.24. The van der Waals surface area contributed by atoms with Crippen LogP contribution >= 0.6 is 0 Å². The van der Waals surface area contributed by atoms with E-state index in [-0.39, 0.29) is 29.9 Å². The number of hydrogen-bond donors (Lipinski definition) is 0. The van der Waals surface area contributed by atoms with Gasteiger partial charge in [0.25, 0.3) is 0 Å². The fourth-order valence-electron chi connectivity index (χ4n) is 1.44. The number of carbonyl (C=O) groups excluding carboxylic acids is 1. The van der Waals surface area contributed by atoms with Gasteiger partial charge in [-0.15, -0.1) is 0 Å². The van der Waals surface area contributed by atoms with E-state index in [1.165, 1.54) is 7.11 Å². The molecule has 92 valence electrons. The number of ether oxygens (including phenoxy) is 1. The average Bonchev–Trinajstić information content (AvgIpc) is 2.50. The van der Waals surface area contributed by atoms with Crippen LogP contribution in [-0.4, -0.2) is 43.3 Å². The van der Waals surface area contributed by atoms with Crippen LogP contribution in [0.5, 0.6) is 0 Å².